The molecule has 106 valence electrons. The van der Waals surface area contributed by atoms with Crippen molar-refractivity contribution in [2.24, 2.45) is 0 Å². The maximum absolute atomic E-state index is 5.79. The number of benzene rings is 2. The topological polar surface area (TPSA) is 21.3 Å². The summed E-state index contributed by atoms with van der Waals surface area (Å²) in [6.45, 7) is 6.26. The summed E-state index contributed by atoms with van der Waals surface area (Å²) in [7, 11) is 1.99. The fourth-order valence-corrected chi connectivity index (χ4v) is 2.30. The molecule has 0 aliphatic heterocycles. The van der Waals surface area contributed by atoms with Crippen molar-refractivity contribution in [3.05, 3.63) is 54.1 Å². The fraction of sp³-hybridized carbons (Fsp3) is 0.333. The SMILES string of the molecule is CNC(C)c1ccccc1-c1cccc(OC(C)C)c1. The van der Waals surface area contributed by atoms with Crippen molar-refractivity contribution in [2.45, 2.75) is 32.9 Å². The third-order valence-electron chi connectivity index (χ3n) is 3.38. The average Bonchev–Trinajstić information content (AvgIpc) is 2.46. The Morgan fingerprint density at radius 2 is 1.70 bits per heavy atom. The molecule has 0 heterocycles. The third kappa shape index (κ3) is 3.40. The van der Waals surface area contributed by atoms with Crippen LogP contribution in [0, 0.1) is 0 Å². The van der Waals surface area contributed by atoms with E-state index in [2.05, 4.69) is 48.6 Å². The molecule has 0 radical (unpaired) electrons. The van der Waals surface area contributed by atoms with Gasteiger partial charge in [0.15, 0.2) is 0 Å². The van der Waals surface area contributed by atoms with E-state index in [1.54, 1.807) is 0 Å². The Morgan fingerprint density at radius 3 is 2.40 bits per heavy atom. The minimum atomic E-state index is 0.191. The second-order valence-corrected chi connectivity index (χ2v) is 5.29. The van der Waals surface area contributed by atoms with Gasteiger partial charge in [0.2, 0.25) is 0 Å². The van der Waals surface area contributed by atoms with Gasteiger partial charge in [-0.3, -0.25) is 0 Å². The summed E-state index contributed by atoms with van der Waals surface area (Å²) in [6.07, 6.45) is 0.191. The molecule has 1 atom stereocenters. The Labute approximate surface area is 121 Å². The maximum atomic E-state index is 5.79. The Morgan fingerprint density at radius 1 is 0.950 bits per heavy atom. The lowest BCUT2D eigenvalue weighted by Crippen LogP contribution is -2.13. The first-order valence-corrected chi connectivity index (χ1v) is 7.15. The Hall–Kier alpha value is -1.80. The minimum absolute atomic E-state index is 0.191. The molecule has 0 fully saturated rings. The van der Waals surface area contributed by atoms with Crippen LogP contribution in [0.1, 0.15) is 32.4 Å². The van der Waals surface area contributed by atoms with E-state index in [0.717, 1.165) is 5.75 Å². The van der Waals surface area contributed by atoms with E-state index in [0.29, 0.717) is 6.04 Å². The predicted octanol–water partition coefficient (Wildman–Crippen LogP) is 4.42. The van der Waals surface area contributed by atoms with E-state index in [-0.39, 0.29) is 6.10 Å². The quantitative estimate of drug-likeness (QED) is 0.867. The molecule has 0 spiro atoms. The van der Waals surface area contributed by atoms with E-state index in [1.807, 2.05) is 33.0 Å². The lowest BCUT2D eigenvalue weighted by molar-refractivity contribution is 0.242. The zero-order valence-corrected chi connectivity index (χ0v) is 12.7. The zero-order chi connectivity index (χ0) is 14.5. The summed E-state index contributed by atoms with van der Waals surface area (Å²) in [4.78, 5) is 0. The molecule has 0 saturated heterocycles. The van der Waals surface area contributed by atoms with E-state index in [1.165, 1.54) is 16.7 Å². The second-order valence-electron chi connectivity index (χ2n) is 5.29. The van der Waals surface area contributed by atoms with Crippen molar-refractivity contribution in [1.29, 1.82) is 0 Å². The first kappa shape index (κ1) is 14.6. The molecule has 2 rings (SSSR count). The molecule has 2 nitrogen and oxygen atoms in total. The molecule has 20 heavy (non-hydrogen) atoms. The van der Waals surface area contributed by atoms with Crippen molar-refractivity contribution >= 4 is 0 Å². The minimum Gasteiger partial charge on any atom is -0.491 e. The molecule has 0 bridgehead atoms. The number of hydrogen-bond acceptors (Lipinski definition) is 2. The number of hydrogen-bond donors (Lipinski definition) is 1. The summed E-state index contributed by atoms with van der Waals surface area (Å²) in [6, 6.07) is 17.1. The fourth-order valence-electron chi connectivity index (χ4n) is 2.30. The first-order valence-electron chi connectivity index (χ1n) is 7.15. The lowest BCUT2D eigenvalue weighted by atomic mass is 9.95. The van der Waals surface area contributed by atoms with Gasteiger partial charge in [0.05, 0.1) is 6.10 Å². The van der Waals surface area contributed by atoms with E-state index in [4.69, 9.17) is 4.74 Å². The van der Waals surface area contributed by atoms with Gasteiger partial charge in [0, 0.05) is 6.04 Å². The summed E-state index contributed by atoms with van der Waals surface area (Å²) >= 11 is 0. The van der Waals surface area contributed by atoms with Crippen LogP contribution in [0.3, 0.4) is 0 Å². The molecule has 1 unspecified atom stereocenters. The molecule has 2 aromatic rings. The predicted molar refractivity (Wildman–Crippen MR) is 85.1 cm³/mol. The van der Waals surface area contributed by atoms with Crippen molar-refractivity contribution < 1.29 is 4.74 Å². The van der Waals surface area contributed by atoms with Crippen molar-refractivity contribution in [3.8, 4) is 16.9 Å². The highest BCUT2D eigenvalue weighted by Gasteiger charge is 2.10. The van der Waals surface area contributed by atoms with Gasteiger partial charge in [-0.15, -0.1) is 0 Å². The van der Waals surface area contributed by atoms with Crippen LogP contribution in [0.5, 0.6) is 5.75 Å². The van der Waals surface area contributed by atoms with Crippen molar-refractivity contribution in [1.82, 2.24) is 5.32 Å². The highest BCUT2D eigenvalue weighted by atomic mass is 16.5. The Bertz CT molecular complexity index is 563. The molecule has 0 aliphatic rings. The maximum Gasteiger partial charge on any atom is 0.120 e. The van der Waals surface area contributed by atoms with Crippen LogP contribution in [0.2, 0.25) is 0 Å². The largest absolute Gasteiger partial charge is 0.491 e. The smallest absolute Gasteiger partial charge is 0.120 e. The van der Waals surface area contributed by atoms with Crippen molar-refractivity contribution in [3.63, 3.8) is 0 Å². The van der Waals surface area contributed by atoms with Crippen LogP contribution in [0.15, 0.2) is 48.5 Å². The molecule has 2 heteroatoms. The van der Waals surface area contributed by atoms with Gasteiger partial charge in [-0.1, -0.05) is 36.4 Å². The zero-order valence-electron chi connectivity index (χ0n) is 12.7. The van der Waals surface area contributed by atoms with E-state index >= 15 is 0 Å². The molecule has 0 aliphatic carbocycles. The highest BCUT2D eigenvalue weighted by molar-refractivity contribution is 5.69. The van der Waals surface area contributed by atoms with Crippen LogP contribution < -0.4 is 10.1 Å². The Kier molecular flexibility index (Phi) is 4.80. The molecular formula is C18H23NO. The van der Waals surface area contributed by atoms with Crippen LogP contribution in [0.4, 0.5) is 0 Å². The normalized spacial score (nSPS) is 12.4. The van der Waals surface area contributed by atoms with Gasteiger partial charge in [0.1, 0.15) is 5.75 Å². The monoisotopic (exact) mass is 269 g/mol. The average molecular weight is 269 g/mol. The van der Waals surface area contributed by atoms with E-state index in [9.17, 15) is 0 Å². The molecule has 2 aromatic carbocycles. The summed E-state index contributed by atoms with van der Waals surface area (Å²) in [5.74, 6) is 0.921. The second kappa shape index (κ2) is 6.58. The summed E-state index contributed by atoms with van der Waals surface area (Å²) in [5, 5.41) is 3.31. The van der Waals surface area contributed by atoms with Crippen LogP contribution in [-0.2, 0) is 0 Å². The number of ether oxygens (including phenoxy) is 1. The van der Waals surface area contributed by atoms with Crippen LogP contribution >= 0.6 is 0 Å². The van der Waals surface area contributed by atoms with Gasteiger partial charge < -0.3 is 10.1 Å². The van der Waals surface area contributed by atoms with E-state index < -0.39 is 0 Å². The lowest BCUT2D eigenvalue weighted by Gasteiger charge is -2.17. The molecule has 0 saturated carbocycles. The van der Waals surface area contributed by atoms with Gasteiger partial charge in [-0.2, -0.15) is 0 Å². The highest BCUT2D eigenvalue weighted by Crippen LogP contribution is 2.30. The number of nitrogens with one attached hydrogen (secondary N) is 1. The summed E-state index contributed by atoms with van der Waals surface area (Å²) < 4.78 is 5.79. The van der Waals surface area contributed by atoms with Crippen LogP contribution in [-0.4, -0.2) is 13.2 Å². The summed E-state index contributed by atoms with van der Waals surface area (Å²) in [5.41, 5.74) is 3.75. The van der Waals surface area contributed by atoms with Gasteiger partial charge >= 0.3 is 0 Å². The van der Waals surface area contributed by atoms with Crippen molar-refractivity contribution in [2.75, 3.05) is 7.05 Å². The molecule has 0 amide bonds. The molecule has 1 N–H and O–H groups in total. The standard InChI is InChI=1S/C18H23NO/c1-13(2)20-16-9-7-8-15(12-16)18-11-6-5-10-17(18)14(3)19-4/h5-14,19H,1-4H3. The van der Waals surface area contributed by atoms with Gasteiger partial charge in [-0.25, -0.2) is 0 Å². The number of rotatable bonds is 5. The van der Waals surface area contributed by atoms with Crippen LogP contribution in [0.25, 0.3) is 11.1 Å². The first-order chi connectivity index (χ1) is 9.61. The molecular weight excluding hydrogens is 246 g/mol. The van der Waals surface area contributed by atoms with Gasteiger partial charge in [0.25, 0.3) is 0 Å². The third-order valence-corrected chi connectivity index (χ3v) is 3.38. The molecule has 0 aromatic heterocycles. The Balaban J connectivity index is 2.41. The van der Waals surface area contributed by atoms with Gasteiger partial charge in [-0.05, 0) is 56.6 Å².